The van der Waals surface area contributed by atoms with Crippen LogP contribution in [0.5, 0.6) is 0 Å². The number of carbonyl (C=O) groups is 1. The van der Waals surface area contributed by atoms with Crippen LogP contribution in [0, 0.1) is 0 Å². The van der Waals surface area contributed by atoms with Crippen molar-refractivity contribution in [3.63, 3.8) is 0 Å². The summed E-state index contributed by atoms with van der Waals surface area (Å²) in [6, 6.07) is 7.30. The molecular weight excluding hydrogens is 379 g/mol. The monoisotopic (exact) mass is 397 g/mol. The lowest BCUT2D eigenvalue weighted by Crippen LogP contribution is -2.28. The number of aromatic nitrogens is 2. The van der Waals surface area contributed by atoms with Crippen LogP contribution in [0.1, 0.15) is 16.8 Å². The zero-order valence-corrected chi connectivity index (χ0v) is 15.4. The van der Waals surface area contributed by atoms with Gasteiger partial charge in [0, 0.05) is 24.8 Å². The van der Waals surface area contributed by atoms with Crippen LogP contribution in [0.2, 0.25) is 0 Å². The number of thioether (sulfide) groups is 1. The molecule has 1 N–H and O–H groups in total. The van der Waals surface area contributed by atoms with Crippen molar-refractivity contribution in [2.45, 2.75) is 24.2 Å². The number of aryl methyl sites for hydroxylation is 1. The summed E-state index contributed by atoms with van der Waals surface area (Å²) in [4.78, 5) is 19.9. The maximum Gasteiger partial charge on any atom is 0.433 e. The Bertz CT molecular complexity index is 843. The maximum atomic E-state index is 13.5. The lowest BCUT2D eigenvalue weighted by atomic mass is 9.88. The van der Waals surface area contributed by atoms with Crippen LogP contribution in [0.3, 0.4) is 0 Å². The molecule has 0 radical (unpaired) electrons. The summed E-state index contributed by atoms with van der Waals surface area (Å²) >= 11 is 0.889. The van der Waals surface area contributed by atoms with Gasteiger partial charge in [0.15, 0.2) is 10.9 Å². The lowest BCUT2D eigenvalue weighted by molar-refractivity contribution is -0.142. The Morgan fingerprint density at radius 3 is 2.78 bits per heavy atom. The molecule has 0 atom stereocenters. The van der Waals surface area contributed by atoms with E-state index in [1.165, 1.54) is 7.11 Å². The second-order valence-corrected chi connectivity index (χ2v) is 6.91. The van der Waals surface area contributed by atoms with Crippen LogP contribution in [0.15, 0.2) is 29.4 Å². The molecule has 1 aromatic carbocycles. The fourth-order valence-corrected chi connectivity index (χ4v) is 3.60. The highest BCUT2D eigenvalue weighted by atomic mass is 32.2. The number of benzene rings is 1. The smallest absolute Gasteiger partial charge is 0.383 e. The SMILES string of the molecule is COCCNC(=O)CSc1nc2c(c(C(F)(F)F)n1)CCc1ccccc1-2. The molecule has 5 nitrogen and oxygen atoms in total. The third kappa shape index (κ3) is 4.59. The average Bonchev–Trinajstić information content (AvgIpc) is 2.65. The molecular formula is C18H18F3N3O2S. The van der Waals surface area contributed by atoms with Crippen molar-refractivity contribution < 1.29 is 22.7 Å². The van der Waals surface area contributed by atoms with Gasteiger partial charge >= 0.3 is 6.18 Å². The van der Waals surface area contributed by atoms with Gasteiger partial charge in [0.2, 0.25) is 5.91 Å². The molecule has 0 bridgehead atoms. The molecule has 0 aliphatic heterocycles. The van der Waals surface area contributed by atoms with Gasteiger partial charge in [-0.05, 0) is 18.4 Å². The summed E-state index contributed by atoms with van der Waals surface area (Å²) in [6.45, 7) is 0.697. The van der Waals surface area contributed by atoms with E-state index in [4.69, 9.17) is 4.74 Å². The molecule has 0 saturated carbocycles. The first-order chi connectivity index (χ1) is 12.9. The van der Waals surface area contributed by atoms with Gasteiger partial charge in [-0.1, -0.05) is 36.0 Å². The van der Waals surface area contributed by atoms with E-state index in [2.05, 4.69) is 15.3 Å². The van der Waals surface area contributed by atoms with Crippen LogP contribution in [0.4, 0.5) is 13.2 Å². The number of halogens is 3. The minimum Gasteiger partial charge on any atom is -0.383 e. The number of amides is 1. The van der Waals surface area contributed by atoms with Crippen molar-refractivity contribution in [3.8, 4) is 11.3 Å². The number of nitrogens with zero attached hydrogens (tertiary/aromatic N) is 2. The molecule has 3 rings (SSSR count). The summed E-state index contributed by atoms with van der Waals surface area (Å²) in [5.74, 6) is -0.381. The van der Waals surface area contributed by atoms with E-state index in [0.29, 0.717) is 30.8 Å². The second-order valence-electron chi connectivity index (χ2n) is 5.97. The van der Waals surface area contributed by atoms with Crippen molar-refractivity contribution >= 4 is 17.7 Å². The van der Waals surface area contributed by atoms with Gasteiger partial charge in [0.05, 0.1) is 18.1 Å². The first-order valence-corrected chi connectivity index (χ1v) is 9.33. The number of hydrogen-bond acceptors (Lipinski definition) is 5. The van der Waals surface area contributed by atoms with E-state index in [1.807, 2.05) is 12.1 Å². The van der Waals surface area contributed by atoms with Gasteiger partial charge in [-0.2, -0.15) is 13.2 Å². The Kier molecular flexibility index (Phi) is 6.01. The molecule has 1 aliphatic rings. The number of hydrogen-bond donors (Lipinski definition) is 1. The van der Waals surface area contributed by atoms with Crippen molar-refractivity contribution in [1.29, 1.82) is 0 Å². The first kappa shape index (κ1) is 19.6. The molecule has 9 heteroatoms. The minimum atomic E-state index is -4.57. The highest BCUT2D eigenvalue weighted by molar-refractivity contribution is 7.99. The summed E-state index contributed by atoms with van der Waals surface area (Å²) in [5, 5.41) is 2.56. The lowest BCUT2D eigenvalue weighted by Gasteiger charge is -2.22. The van der Waals surface area contributed by atoms with Crippen molar-refractivity contribution in [2.75, 3.05) is 26.0 Å². The molecule has 0 unspecified atom stereocenters. The highest BCUT2D eigenvalue weighted by Gasteiger charge is 2.38. The Hall–Kier alpha value is -2.13. The molecule has 1 amide bonds. The third-order valence-corrected chi connectivity index (χ3v) is 4.98. The number of alkyl halides is 3. The Labute approximate surface area is 158 Å². The van der Waals surface area contributed by atoms with Crippen LogP contribution < -0.4 is 5.32 Å². The standard InChI is InChI=1S/C18H18F3N3O2S/c1-26-9-8-22-14(25)10-27-17-23-15-12-5-3-2-4-11(12)6-7-13(15)16(24-17)18(19,20)21/h2-5H,6-10H2,1H3,(H,22,25). The fraction of sp³-hybridized carbons (Fsp3) is 0.389. The van der Waals surface area contributed by atoms with Crippen molar-refractivity contribution in [3.05, 3.63) is 41.1 Å². The molecule has 1 aromatic heterocycles. The topological polar surface area (TPSA) is 64.1 Å². The Morgan fingerprint density at radius 1 is 1.26 bits per heavy atom. The first-order valence-electron chi connectivity index (χ1n) is 8.35. The number of rotatable bonds is 6. The normalized spacial score (nSPS) is 13.0. The number of ether oxygens (including phenoxy) is 1. The van der Waals surface area contributed by atoms with Crippen molar-refractivity contribution in [2.24, 2.45) is 0 Å². The van der Waals surface area contributed by atoms with Gasteiger partial charge in [-0.3, -0.25) is 4.79 Å². The number of methoxy groups -OCH3 is 1. The zero-order valence-electron chi connectivity index (χ0n) is 14.6. The van der Waals surface area contributed by atoms with Gasteiger partial charge in [0.1, 0.15) is 0 Å². The molecule has 0 spiro atoms. The van der Waals surface area contributed by atoms with Crippen molar-refractivity contribution in [1.82, 2.24) is 15.3 Å². The number of nitrogens with one attached hydrogen (secondary N) is 1. The quantitative estimate of drug-likeness (QED) is 0.461. The summed E-state index contributed by atoms with van der Waals surface area (Å²) in [7, 11) is 1.51. The van der Waals surface area contributed by atoms with Gasteiger partial charge < -0.3 is 10.1 Å². The summed E-state index contributed by atoms with van der Waals surface area (Å²) in [6.07, 6.45) is -3.82. The Balaban J connectivity index is 1.89. The van der Waals surface area contributed by atoms with Gasteiger partial charge in [0.25, 0.3) is 0 Å². The van der Waals surface area contributed by atoms with Crippen LogP contribution >= 0.6 is 11.8 Å². The minimum absolute atomic E-state index is 0.0559. The molecule has 1 heterocycles. The van der Waals surface area contributed by atoms with E-state index >= 15 is 0 Å². The predicted octanol–water partition coefficient (Wildman–Crippen LogP) is 3.12. The second kappa shape index (κ2) is 8.26. The maximum absolute atomic E-state index is 13.5. The molecule has 0 saturated heterocycles. The van der Waals surface area contributed by atoms with Crippen LogP contribution in [0.25, 0.3) is 11.3 Å². The molecule has 2 aromatic rings. The zero-order chi connectivity index (χ0) is 19.4. The summed E-state index contributed by atoms with van der Waals surface area (Å²) < 4.78 is 45.5. The van der Waals surface area contributed by atoms with Gasteiger partial charge in [-0.15, -0.1) is 0 Å². The fourth-order valence-electron chi connectivity index (χ4n) is 2.92. The Morgan fingerprint density at radius 2 is 2.04 bits per heavy atom. The number of fused-ring (bicyclic) bond motifs is 3. The highest BCUT2D eigenvalue weighted by Crippen LogP contribution is 2.40. The van der Waals surface area contributed by atoms with Crippen LogP contribution in [-0.2, 0) is 28.5 Å². The van der Waals surface area contributed by atoms with E-state index < -0.39 is 11.9 Å². The molecule has 144 valence electrons. The van der Waals surface area contributed by atoms with Gasteiger partial charge in [-0.25, -0.2) is 9.97 Å². The molecule has 1 aliphatic carbocycles. The molecule has 27 heavy (non-hydrogen) atoms. The number of carbonyl (C=O) groups excluding carboxylic acids is 1. The predicted molar refractivity (Wildman–Crippen MR) is 95.5 cm³/mol. The summed E-state index contributed by atoms with van der Waals surface area (Å²) in [5.41, 5.74) is 1.17. The third-order valence-electron chi connectivity index (χ3n) is 4.13. The van der Waals surface area contributed by atoms with E-state index in [0.717, 1.165) is 17.3 Å². The van der Waals surface area contributed by atoms with E-state index in [9.17, 15) is 18.0 Å². The largest absolute Gasteiger partial charge is 0.433 e. The van der Waals surface area contributed by atoms with Crippen LogP contribution in [-0.4, -0.2) is 41.9 Å². The molecule has 0 fully saturated rings. The van der Waals surface area contributed by atoms with E-state index in [1.54, 1.807) is 12.1 Å². The average molecular weight is 397 g/mol. The van der Waals surface area contributed by atoms with E-state index in [-0.39, 0.29) is 28.8 Å².